The summed E-state index contributed by atoms with van der Waals surface area (Å²) in [7, 11) is 0. The summed E-state index contributed by atoms with van der Waals surface area (Å²) >= 11 is 0. The second-order valence-electron chi connectivity index (χ2n) is 8.96. The minimum absolute atomic E-state index is 0.907. The van der Waals surface area contributed by atoms with Gasteiger partial charge in [-0.25, -0.2) is 4.98 Å². The third kappa shape index (κ3) is 2.65. The Morgan fingerprint density at radius 2 is 1.40 bits per heavy atom. The zero-order valence-corrected chi connectivity index (χ0v) is 18.7. The normalized spacial score (nSPS) is 12.0. The summed E-state index contributed by atoms with van der Waals surface area (Å²) in [4.78, 5) is 4.77. The third-order valence-corrected chi connectivity index (χ3v) is 6.96. The molecule has 0 aliphatic rings. The Bertz CT molecular complexity index is 2020. The molecule has 0 saturated carbocycles. The molecule has 0 amide bonds. The Morgan fingerprint density at radius 3 is 2.29 bits per heavy atom. The first-order valence-corrected chi connectivity index (χ1v) is 11.7. The van der Waals surface area contributed by atoms with Crippen molar-refractivity contribution >= 4 is 49.4 Å². The van der Waals surface area contributed by atoms with Gasteiger partial charge in [-0.2, -0.15) is 0 Å². The van der Waals surface area contributed by atoms with Crippen molar-refractivity contribution in [3.8, 4) is 16.9 Å². The zero-order valence-electron chi connectivity index (χ0n) is 18.7. The van der Waals surface area contributed by atoms with Gasteiger partial charge in [-0.1, -0.05) is 54.6 Å². The number of hydrogen-bond acceptors (Lipinski definition) is 2. The molecule has 8 rings (SSSR count). The van der Waals surface area contributed by atoms with E-state index in [1.54, 1.807) is 0 Å². The van der Waals surface area contributed by atoms with Crippen LogP contribution in [-0.4, -0.2) is 14.0 Å². The number of para-hydroxylation sites is 2. The van der Waals surface area contributed by atoms with Crippen LogP contribution in [0, 0.1) is 0 Å². The molecule has 0 atom stereocenters. The molecule has 4 heterocycles. The maximum Gasteiger partial charge on any atom is 0.137 e. The SMILES string of the molecule is c1ccc2c(c1)oc1cc3c(cc12)c1ccccc1n3-c1ccc(-c2cn3ccccc3n2)cc1. The van der Waals surface area contributed by atoms with Gasteiger partial charge in [0.1, 0.15) is 16.8 Å². The fraction of sp³-hybridized carbons (Fsp3) is 0. The Labute approximate surface area is 200 Å². The molecule has 4 heteroatoms. The van der Waals surface area contributed by atoms with Gasteiger partial charge in [-0.3, -0.25) is 0 Å². The molecule has 0 saturated heterocycles. The van der Waals surface area contributed by atoms with Gasteiger partial charge in [-0.05, 0) is 42.5 Å². The molecule has 35 heavy (non-hydrogen) atoms. The Balaban J connectivity index is 1.35. The molecule has 0 aliphatic carbocycles. The van der Waals surface area contributed by atoms with E-state index in [2.05, 4.69) is 88.0 Å². The number of furan rings is 1. The highest BCUT2D eigenvalue weighted by Gasteiger charge is 2.16. The summed E-state index contributed by atoms with van der Waals surface area (Å²) in [6, 6.07) is 36.0. The van der Waals surface area contributed by atoms with Gasteiger partial charge in [0, 0.05) is 51.3 Å². The van der Waals surface area contributed by atoms with Gasteiger partial charge in [0.15, 0.2) is 0 Å². The Hall–Kier alpha value is -4.83. The standard InChI is InChI=1S/C31H19N3O/c1-3-9-27-22(7-1)24-17-25-23-8-2-4-10-29(23)35-30(25)18-28(24)34(27)21-14-12-20(13-15-21)26-19-33-16-6-5-11-31(33)32-26/h1-19H. The largest absolute Gasteiger partial charge is 0.456 e. The van der Waals surface area contributed by atoms with Crippen LogP contribution in [0.25, 0.3) is 66.3 Å². The van der Waals surface area contributed by atoms with E-state index in [9.17, 15) is 0 Å². The minimum Gasteiger partial charge on any atom is -0.456 e. The molecule has 0 spiro atoms. The number of nitrogens with zero attached hydrogens (tertiary/aromatic N) is 3. The topological polar surface area (TPSA) is 35.4 Å². The Kier molecular flexibility index (Phi) is 3.63. The van der Waals surface area contributed by atoms with E-state index in [4.69, 9.17) is 9.40 Å². The summed E-state index contributed by atoms with van der Waals surface area (Å²) < 4.78 is 10.6. The molecule has 0 aliphatic heterocycles. The lowest BCUT2D eigenvalue weighted by Crippen LogP contribution is -1.93. The number of pyridine rings is 1. The average molecular weight is 450 g/mol. The summed E-state index contributed by atoms with van der Waals surface area (Å²) in [6.07, 6.45) is 4.10. The summed E-state index contributed by atoms with van der Waals surface area (Å²) in [6.45, 7) is 0. The summed E-state index contributed by atoms with van der Waals surface area (Å²) in [5, 5.41) is 4.76. The van der Waals surface area contributed by atoms with Crippen molar-refractivity contribution < 1.29 is 4.42 Å². The van der Waals surface area contributed by atoms with E-state index >= 15 is 0 Å². The number of aromatic nitrogens is 3. The van der Waals surface area contributed by atoms with E-state index in [1.807, 2.05) is 36.5 Å². The van der Waals surface area contributed by atoms with Crippen LogP contribution in [0.1, 0.15) is 0 Å². The van der Waals surface area contributed by atoms with Crippen molar-refractivity contribution in [3.05, 3.63) is 116 Å². The molecule has 0 N–H and O–H groups in total. The van der Waals surface area contributed by atoms with Crippen molar-refractivity contribution in [2.75, 3.05) is 0 Å². The molecule has 8 aromatic rings. The van der Waals surface area contributed by atoms with E-state index < -0.39 is 0 Å². The van der Waals surface area contributed by atoms with Gasteiger partial charge in [0.2, 0.25) is 0 Å². The maximum atomic E-state index is 6.23. The molecule has 4 nitrogen and oxygen atoms in total. The van der Waals surface area contributed by atoms with E-state index in [0.29, 0.717) is 0 Å². The van der Waals surface area contributed by atoms with Crippen LogP contribution < -0.4 is 0 Å². The first-order chi connectivity index (χ1) is 17.3. The summed E-state index contributed by atoms with van der Waals surface area (Å²) in [5.74, 6) is 0. The number of fused-ring (bicyclic) bond motifs is 7. The molecule has 0 bridgehead atoms. The van der Waals surface area contributed by atoms with Crippen molar-refractivity contribution in [1.82, 2.24) is 14.0 Å². The zero-order chi connectivity index (χ0) is 22.9. The monoisotopic (exact) mass is 449 g/mol. The molecule has 0 unspecified atom stereocenters. The fourth-order valence-corrected chi connectivity index (χ4v) is 5.32. The molecule has 164 valence electrons. The van der Waals surface area contributed by atoms with Crippen molar-refractivity contribution in [2.24, 2.45) is 0 Å². The number of imidazole rings is 1. The second kappa shape index (κ2) is 6.84. The van der Waals surface area contributed by atoms with Gasteiger partial charge < -0.3 is 13.4 Å². The molecule has 4 aromatic carbocycles. The lowest BCUT2D eigenvalue weighted by Gasteiger charge is -2.08. The lowest BCUT2D eigenvalue weighted by molar-refractivity contribution is 0.669. The number of benzene rings is 4. The number of hydrogen-bond donors (Lipinski definition) is 0. The highest BCUT2D eigenvalue weighted by Crippen LogP contribution is 2.38. The van der Waals surface area contributed by atoms with Gasteiger partial charge in [0.25, 0.3) is 0 Å². The van der Waals surface area contributed by atoms with Crippen LogP contribution in [0.2, 0.25) is 0 Å². The minimum atomic E-state index is 0.907. The highest BCUT2D eigenvalue weighted by molar-refractivity contribution is 6.17. The van der Waals surface area contributed by atoms with E-state index in [1.165, 1.54) is 16.3 Å². The first kappa shape index (κ1) is 18.6. The van der Waals surface area contributed by atoms with Gasteiger partial charge in [0.05, 0.1) is 16.7 Å². The molecular weight excluding hydrogens is 430 g/mol. The van der Waals surface area contributed by atoms with Crippen molar-refractivity contribution in [2.45, 2.75) is 0 Å². The average Bonchev–Trinajstić information content (AvgIpc) is 3.59. The molecule has 4 aromatic heterocycles. The van der Waals surface area contributed by atoms with Gasteiger partial charge >= 0.3 is 0 Å². The first-order valence-electron chi connectivity index (χ1n) is 11.7. The predicted molar refractivity (Wildman–Crippen MR) is 142 cm³/mol. The van der Waals surface area contributed by atoms with Crippen molar-refractivity contribution in [1.29, 1.82) is 0 Å². The van der Waals surface area contributed by atoms with Crippen LogP contribution >= 0.6 is 0 Å². The van der Waals surface area contributed by atoms with Crippen LogP contribution in [0.4, 0.5) is 0 Å². The third-order valence-electron chi connectivity index (χ3n) is 6.96. The second-order valence-corrected chi connectivity index (χ2v) is 8.96. The quantitative estimate of drug-likeness (QED) is 0.268. The Morgan fingerprint density at radius 1 is 0.600 bits per heavy atom. The summed E-state index contributed by atoms with van der Waals surface area (Å²) in [5.41, 5.74) is 8.26. The van der Waals surface area contributed by atoms with E-state index in [-0.39, 0.29) is 0 Å². The number of rotatable bonds is 2. The molecule has 0 fully saturated rings. The smallest absolute Gasteiger partial charge is 0.137 e. The van der Waals surface area contributed by atoms with Crippen LogP contribution in [0.5, 0.6) is 0 Å². The van der Waals surface area contributed by atoms with Crippen LogP contribution in [0.3, 0.4) is 0 Å². The van der Waals surface area contributed by atoms with Crippen LogP contribution in [-0.2, 0) is 0 Å². The predicted octanol–water partition coefficient (Wildman–Crippen LogP) is 8.00. The maximum absolute atomic E-state index is 6.23. The molecular formula is C31H19N3O. The fourth-order valence-electron chi connectivity index (χ4n) is 5.32. The molecule has 0 radical (unpaired) electrons. The van der Waals surface area contributed by atoms with E-state index in [0.717, 1.165) is 50.0 Å². The van der Waals surface area contributed by atoms with Crippen molar-refractivity contribution in [3.63, 3.8) is 0 Å². The lowest BCUT2D eigenvalue weighted by atomic mass is 10.1. The highest BCUT2D eigenvalue weighted by atomic mass is 16.3. The van der Waals surface area contributed by atoms with Gasteiger partial charge in [-0.15, -0.1) is 0 Å². The van der Waals surface area contributed by atoms with Crippen LogP contribution in [0.15, 0.2) is 120 Å².